The van der Waals surface area contributed by atoms with Gasteiger partial charge in [-0.3, -0.25) is 4.79 Å². The molecule has 3 fully saturated rings. The maximum absolute atomic E-state index is 12.4. The van der Waals surface area contributed by atoms with Crippen LogP contribution in [0.25, 0.3) is 5.65 Å². The van der Waals surface area contributed by atoms with Crippen molar-refractivity contribution < 1.29 is 4.79 Å². The first-order chi connectivity index (χ1) is 12.3. The predicted molar refractivity (Wildman–Crippen MR) is 95.7 cm³/mol. The fraction of sp³-hybridized carbons (Fsp3) is 0.632. The van der Waals surface area contributed by atoms with E-state index in [0.29, 0.717) is 11.8 Å². The van der Waals surface area contributed by atoms with E-state index in [-0.39, 0.29) is 5.92 Å². The minimum absolute atomic E-state index is 0.270. The molecule has 2 aliphatic heterocycles. The number of carbonyl (C=O) groups is 1. The summed E-state index contributed by atoms with van der Waals surface area (Å²) in [5, 5.41) is 4.76. The van der Waals surface area contributed by atoms with E-state index in [4.69, 9.17) is 10.1 Å². The lowest BCUT2D eigenvalue weighted by atomic mass is 9.97. The highest BCUT2D eigenvalue weighted by atomic mass is 16.2. The van der Waals surface area contributed by atoms with Gasteiger partial charge in [0.1, 0.15) is 0 Å². The smallest absolute Gasteiger partial charge is 0.225 e. The van der Waals surface area contributed by atoms with E-state index in [1.165, 1.54) is 18.5 Å². The second kappa shape index (κ2) is 6.00. The first-order valence-electron chi connectivity index (χ1n) is 9.68. The lowest BCUT2D eigenvalue weighted by molar-refractivity contribution is -0.133. The first-order valence-corrected chi connectivity index (χ1v) is 9.68. The molecule has 2 aromatic rings. The van der Waals surface area contributed by atoms with Crippen LogP contribution in [0, 0.1) is 5.92 Å². The van der Waals surface area contributed by atoms with Gasteiger partial charge in [0.25, 0.3) is 0 Å². The van der Waals surface area contributed by atoms with Gasteiger partial charge in [-0.1, -0.05) is 0 Å². The van der Waals surface area contributed by atoms with E-state index < -0.39 is 0 Å². The Kier molecular flexibility index (Phi) is 3.64. The molecule has 25 heavy (non-hydrogen) atoms. The van der Waals surface area contributed by atoms with Gasteiger partial charge in [-0.15, -0.1) is 0 Å². The van der Waals surface area contributed by atoms with Crippen LogP contribution in [0.1, 0.15) is 50.3 Å². The highest BCUT2D eigenvalue weighted by Gasteiger charge is 2.36. The number of carbonyl (C=O) groups excluding carboxylic acids is 1. The first kappa shape index (κ1) is 15.2. The van der Waals surface area contributed by atoms with Gasteiger partial charge in [0.2, 0.25) is 5.91 Å². The third kappa shape index (κ3) is 2.87. The summed E-state index contributed by atoms with van der Waals surface area (Å²) < 4.78 is 1.92. The zero-order valence-electron chi connectivity index (χ0n) is 14.6. The van der Waals surface area contributed by atoms with Crippen LogP contribution in [0.5, 0.6) is 0 Å². The Morgan fingerprint density at radius 2 is 1.88 bits per heavy atom. The maximum atomic E-state index is 12.4. The van der Waals surface area contributed by atoms with Crippen molar-refractivity contribution in [2.45, 2.75) is 44.4 Å². The molecular formula is C19H25N5O. The van der Waals surface area contributed by atoms with E-state index in [1.54, 1.807) is 0 Å². The highest BCUT2D eigenvalue weighted by Crippen LogP contribution is 2.34. The Balaban J connectivity index is 1.37. The van der Waals surface area contributed by atoms with E-state index in [1.807, 2.05) is 9.42 Å². The number of anilines is 1. The largest absolute Gasteiger partial charge is 0.370 e. The van der Waals surface area contributed by atoms with E-state index >= 15 is 0 Å². The topological polar surface area (TPSA) is 53.7 Å². The van der Waals surface area contributed by atoms with Gasteiger partial charge in [-0.2, -0.15) is 5.10 Å². The Labute approximate surface area is 147 Å². The van der Waals surface area contributed by atoms with E-state index in [0.717, 1.165) is 63.3 Å². The fourth-order valence-corrected chi connectivity index (χ4v) is 4.20. The number of likely N-dealkylation sites (tertiary alicyclic amines) is 1. The van der Waals surface area contributed by atoms with Crippen molar-refractivity contribution in [1.29, 1.82) is 0 Å². The quantitative estimate of drug-likeness (QED) is 0.862. The summed E-state index contributed by atoms with van der Waals surface area (Å²) in [5.41, 5.74) is 2.14. The van der Waals surface area contributed by atoms with Crippen molar-refractivity contribution in [3.05, 3.63) is 24.2 Å². The average Bonchev–Trinajstić information content (AvgIpc) is 3.18. The summed E-state index contributed by atoms with van der Waals surface area (Å²) in [7, 11) is 0. The normalized spacial score (nSPS) is 24.2. The maximum Gasteiger partial charge on any atom is 0.225 e. The van der Waals surface area contributed by atoms with E-state index in [9.17, 15) is 4.79 Å². The molecule has 2 saturated heterocycles. The van der Waals surface area contributed by atoms with Gasteiger partial charge >= 0.3 is 0 Å². The molecular weight excluding hydrogens is 314 g/mol. The molecule has 1 atom stereocenters. The van der Waals surface area contributed by atoms with Crippen molar-refractivity contribution in [2.24, 2.45) is 5.92 Å². The van der Waals surface area contributed by atoms with Gasteiger partial charge in [-0.05, 0) is 50.7 Å². The lowest BCUT2D eigenvalue weighted by Crippen LogP contribution is -2.40. The van der Waals surface area contributed by atoms with Gasteiger partial charge in [0, 0.05) is 38.0 Å². The molecule has 0 radical (unpaired) electrons. The molecule has 6 heteroatoms. The molecule has 0 spiro atoms. The molecule has 3 aliphatic rings. The Morgan fingerprint density at radius 3 is 2.68 bits per heavy atom. The molecule has 1 amide bonds. The van der Waals surface area contributed by atoms with Crippen LogP contribution in [0.4, 0.5) is 5.69 Å². The number of nitrogens with zero attached hydrogens (tertiary/aromatic N) is 5. The van der Waals surface area contributed by atoms with Gasteiger partial charge in [0.05, 0.1) is 11.9 Å². The third-order valence-corrected chi connectivity index (χ3v) is 5.83. The van der Waals surface area contributed by atoms with Crippen molar-refractivity contribution in [1.82, 2.24) is 19.5 Å². The Bertz CT molecular complexity index is 790. The molecule has 0 N–H and O–H groups in total. The SMILES string of the molecule is O=C(C1CC1)N1CCC[C@@H](c2nc3ccc(N4CCCC4)cn3n2)C1. The number of aromatic nitrogens is 3. The molecule has 132 valence electrons. The Morgan fingerprint density at radius 1 is 1.04 bits per heavy atom. The molecule has 5 rings (SSSR count). The van der Waals surface area contributed by atoms with Gasteiger partial charge in [-0.25, -0.2) is 9.50 Å². The van der Waals surface area contributed by atoms with Crippen LogP contribution in [-0.4, -0.2) is 51.6 Å². The van der Waals surface area contributed by atoms with Crippen molar-refractivity contribution >= 4 is 17.2 Å². The minimum atomic E-state index is 0.270. The molecule has 0 aromatic carbocycles. The standard InChI is InChI=1S/C19H25N5O/c25-19(14-5-6-14)23-11-3-4-15(12-23)18-20-17-8-7-16(13-24(17)21-18)22-9-1-2-10-22/h7-8,13-15H,1-6,9-12H2/t15-/m1/s1. The van der Waals surface area contributed by atoms with Crippen LogP contribution < -0.4 is 4.90 Å². The highest BCUT2D eigenvalue weighted by molar-refractivity contribution is 5.81. The van der Waals surface area contributed by atoms with Crippen LogP contribution in [0.3, 0.4) is 0 Å². The van der Waals surface area contributed by atoms with Crippen molar-refractivity contribution in [3.8, 4) is 0 Å². The van der Waals surface area contributed by atoms with Crippen LogP contribution in [0.15, 0.2) is 18.3 Å². The summed E-state index contributed by atoms with van der Waals surface area (Å²) >= 11 is 0. The van der Waals surface area contributed by atoms with Crippen molar-refractivity contribution in [3.63, 3.8) is 0 Å². The van der Waals surface area contributed by atoms with Gasteiger partial charge < -0.3 is 9.80 Å². The summed E-state index contributed by atoms with van der Waals surface area (Å²) in [5.74, 6) is 1.82. The summed E-state index contributed by atoms with van der Waals surface area (Å²) in [4.78, 5) is 21.6. The molecule has 1 aliphatic carbocycles. The zero-order valence-corrected chi connectivity index (χ0v) is 14.6. The van der Waals surface area contributed by atoms with Crippen LogP contribution in [-0.2, 0) is 4.79 Å². The van der Waals surface area contributed by atoms with E-state index in [2.05, 4.69) is 23.2 Å². The molecule has 6 nitrogen and oxygen atoms in total. The fourth-order valence-electron chi connectivity index (χ4n) is 4.20. The predicted octanol–water partition coefficient (Wildman–Crippen LogP) is 2.45. The monoisotopic (exact) mass is 339 g/mol. The number of hydrogen-bond acceptors (Lipinski definition) is 4. The average molecular weight is 339 g/mol. The Hall–Kier alpha value is -2.11. The molecule has 0 unspecified atom stereocenters. The second-order valence-corrected chi connectivity index (χ2v) is 7.75. The summed E-state index contributed by atoms with van der Waals surface area (Å²) in [6, 6.07) is 4.23. The lowest BCUT2D eigenvalue weighted by Gasteiger charge is -2.31. The zero-order chi connectivity index (χ0) is 16.8. The second-order valence-electron chi connectivity index (χ2n) is 7.75. The van der Waals surface area contributed by atoms with Crippen molar-refractivity contribution in [2.75, 3.05) is 31.1 Å². The number of fused-ring (bicyclic) bond motifs is 1. The number of rotatable bonds is 3. The summed E-state index contributed by atoms with van der Waals surface area (Å²) in [6.45, 7) is 3.95. The number of hydrogen-bond donors (Lipinski definition) is 0. The van der Waals surface area contributed by atoms with Crippen LogP contribution >= 0.6 is 0 Å². The van der Waals surface area contributed by atoms with Gasteiger partial charge in [0.15, 0.2) is 11.5 Å². The third-order valence-electron chi connectivity index (χ3n) is 5.83. The number of amides is 1. The number of pyridine rings is 1. The molecule has 0 bridgehead atoms. The molecule has 4 heterocycles. The molecule has 2 aromatic heterocycles. The van der Waals surface area contributed by atoms with Crippen LogP contribution in [0.2, 0.25) is 0 Å². The summed E-state index contributed by atoms with van der Waals surface area (Å²) in [6.07, 6.45) is 8.92. The number of piperidine rings is 1. The molecule has 1 saturated carbocycles. The minimum Gasteiger partial charge on any atom is -0.370 e.